The van der Waals surface area contributed by atoms with Gasteiger partial charge >= 0.3 is 10.1 Å². The Morgan fingerprint density at radius 3 is 2.43 bits per heavy atom. The normalized spacial score (nSPS) is 15.1. The SMILES string of the molecule is O=C1S/C(=C\c2ccc(OS(=O)(=O)c3ccc(Cl)cc3)c(Br)c2)C(=O)N1Cc1cccc2ccccc12. The van der Waals surface area contributed by atoms with Crippen molar-refractivity contribution in [1.82, 2.24) is 4.90 Å². The van der Waals surface area contributed by atoms with E-state index in [1.807, 2.05) is 42.5 Å². The number of benzene rings is 4. The molecular weight excluding hydrogens is 598 g/mol. The van der Waals surface area contributed by atoms with Crippen LogP contribution in [0.2, 0.25) is 5.02 Å². The van der Waals surface area contributed by atoms with Crippen LogP contribution in [0.5, 0.6) is 5.75 Å². The van der Waals surface area contributed by atoms with Crippen molar-refractivity contribution >= 4 is 77.4 Å². The lowest BCUT2D eigenvalue weighted by molar-refractivity contribution is -0.123. The maximum atomic E-state index is 13.1. The van der Waals surface area contributed by atoms with E-state index in [9.17, 15) is 18.0 Å². The van der Waals surface area contributed by atoms with Crippen LogP contribution < -0.4 is 4.18 Å². The molecular formula is C27H17BrClNO5S2. The van der Waals surface area contributed by atoms with Crippen LogP contribution in [0.1, 0.15) is 11.1 Å². The summed E-state index contributed by atoms with van der Waals surface area (Å²) in [5, 5.41) is 2.08. The van der Waals surface area contributed by atoms with E-state index in [-0.39, 0.29) is 33.2 Å². The third-order valence-electron chi connectivity index (χ3n) is 5.64. The van der Waals surface area contributed by atoms with Gasteiger partial charge in [-0.3, -0.25) is 14.5 Å². The minimum atomic E-state index is -4.07. The second kappa shape index (κ2) is 10.3. The average molecular weight is 615 g/mol. The average Bonchev–Trinajstić information content (AvgIpc) is 3.13. The van der Waals surface area contributed by atoms with Crippen molar-refractivity contribution in [3.05, 3.63) is 110 Å². The van der Waals surface area contributed by atoms with E-state index in [1.54, 1.807) is 18.2 Å². The van der Waals surface area contributed by atoms with Crippen molar-refractivity contribution in [3.8, 4) is 5.75 Å². The molecule has 0 unspecified atom stereocenters. The number of hydrogen-bond acceptors (Lipinski definition) is 6. The Balaban J connectivity index is 1.35. The van der Waals surface area contributed by atoms with Crippen LogP contribution in [0.15, 0.2) is 99.2 Å². The fourth-order valence-corrected chi connectivity index (χ4v) is 6.33. The molecule has 4 aromatic rings. The molecule has 1 heterocycles. The number of fused-ring (bicyclic) bond motifs is 1. The smallest absolute Gasteiger partial charge is 0.339 e. The van der Waals surface area contributed by atoms with Gasteiger partial charge in [0.1, 0.15) is 4.90 Å². The van der Waals surface area contributed by atoms with E-state index in [0.717, 1.165) is 28.1 Å². The first kappa shape index (κ1) is 25.5. The summed E-state index contributed by atoms with van der Waals surface area (Å²) in [4.78, 5) is 27.2. The summed E-state index contributed by atoms with van der Waals surface area (Å²) in [6, 6.07) is 23.9. The minimum absolute atomic E-state index is 0.0345. The third kappa shape index (κ3) is 5.45. The molecule has 6 nitrogen and oxygen atoms in total. The van der Waals surface area contributed by atoms with Crippen molar-refractivity contribution in [1.29, 1.82) is 0 Å². The molecule has 0 bridgehead atoms. The van der Waals surface area contributed by atoms with E-state index in [0.29, 0.717) is 15.1 Å². The van der Waals surface area contributed by atoms with Gasteiger partial charge in [-0.2, -0.15) is 8.42 Å². The van der Waals surface area contributed by atoms with Gasteiger partial charge in [0.05, 0.1) is 15.9 Å². The summed E-state index contributed by atoms with van der Waals surface area (Å²) in [6.45, 7) is 0.169. The quantitative estimate of drug-likeness (QED) is 0.168. The number of hydrogen-bond donors (Lipinski definition) is 0. The number of imide groups is 1. The molecule has 5 rings (SSSR count). The van der Waals surface area contributed by atoms with Crippen molar-refractivity contribution in [2.24, 2.45) is 0 Å². The highest BCUT2D eigenvalue weighted by Gasteiger charge is 2.35. The zero-order valence-electron chi connectivity index (χ0n) is 18.9. The van der Waals surface area contributed by atoms with Gasteiger partial charge in [-0.15, -0.1) is 0 Å². The molecule has 186 valence electrons. The highest BCUT2D eigenvalue weighted by molar-refractivity contribution is 9.10. The van der Waals surface area contributed by atoms with Crippen LogP contribution in [0.4, 0.5) is 4.79 Å². The van der Waals surface area contributed by atoms with Gasteiger partial charge in [0.2, 0.25) is 0 Å². The van der Waals surface area contributed by atoms with Crippen molar-refractivity contribution in [2.45, 2.75) is 11.4 Å². The zero-order chi connectivity index (χ0) is 26.2. The van der Waals surface area contributed by atoms with E-state index in [1.165, 1.54) is 35.2 Å². The molecule has 0 N–H and O–H groups in total. The summed E-state index contributed by atoms with van der Waals surface area (Å²) < 4.78 is 30.8. The van der Waals surface area contributed by atoms with Crippen molar-refractivity contribution in [3.63, 3.8) is 0 Å². The number of rotatable bonds is 6. The maximum Gasteiger partial charge on any atom is 0.339 e. The molecule has 37 heavy (non-hydrogen) atoms. The Morgan fingerprint density at radius 2 is 1.68 bits per heavy atom. The van der Waals surface area contributed by atoms with E-state index in [2.05, 4.69) is 15.9 Å². The first-order chi connectivity index (χ1) is 17.7. The van der Waals surface area contributed by atoms with Crippen LogP contribution in [0.3, 0.4) is 0 Å². The van der Waals surface area contributed by atoms with Gasteiger partial charge in [0, 0.05) is 5.02 Å². The molecule has 1 saturated heterocycles. The Labute approximate surface area is 231 Å². The number of halogens is 2. The summed E-state index contributed by atoms with van der Waals surface area (Å²) in [5.41, 5.74) is 1.48. The highest BCUT2D eigenvalue weighted by Crippen LogP contribution is 2.36. The Bertz CT molecular complexity index is 1680. The maximum absolute atomic E-state index is 13.1. The second-order valence-electron chi connectivity index (χ2n) is 8.09. The van der Waals surface area contributed by atoms with Gasteiger partial charge in [0.25, 0.3) is 11.1 Å². The molecule has 1 aliphatic heterocycles. The number of nitrogens with zero attached hydrogens (tertiary/aromatic N) is 1. The van der Waals surface area contributed by atoms with Gasteiger partial charge in [-0.1, -0.05) is 60.1 Å². The molecule has 1 aliphatic rings. The Morgan fingerprint density at radius 1 is 0.946 bits per heavy atom. The predicted octanol–water partition coefficient (Wildman–Crippen LogP) is 7.26. The minimum Gasteiger partial charge on any atom is -0.378 e. The highest BCUT2D eigenvalue weighted by atomic mass is 79.9. The molecule has 0 aliphatic carbocycles. The Hall–Kier alpha value is -3.11. The fraction of sp³-hybridized carbons (Fsp3) is 0.0370. The lowest BCUT2D eigenvalue weighted by Gasteiger charge is -2.14. The van der Waals surface area contributed by atoms with Crippen molar-refractivity contribution < 1.29 is 22.2 Å². The monoisotopic (exact) mass is 613 g/mol. The molecule has 4 aromatic carbocycles. The summed E-state index contributed by atoms with van der Waals surface area (Å²) in [5.74, 6) is -0.305. The van der Waals surface area contributed by atoms with Gasteiger partial charge in [0.15, 0.2) is 5.75 Å². The van der Waals surface area contributed by atoms with Gasteiger partial charge in [-0.25, -0.2) is 0 Å². The number of thioether (sulfide) groups is 1. The summed E-state index contributed by atoms with van der Waals surface area (Å²) in [7, 11) is -4.07. The van der Waals surface area contributed by atoms with E-state index < -0.39 is 10.1 Å². The number of carbonyl (C=O) groups excluding carboxylic acids is 2. The van der Waals surface area contributed by atoms with E-state index in [4.69, 9.17) is 15.8 Å². The first-order valence-corrected chi connectivity index (χ1v) is 14.3. The fourth-order valence-electron chi connectivity index (χ4n) is 3.83. The molecule has 0 spiro atoms. The molecule has 10 heteroatoms. The van der Waals surface area contributed by atoms with Gasteiger partial charge < -0.3 is 4.18 Å². The van der Waals surface area contributed by atoms with Crippen LogP contribution in [-0.4, -0.2) is 24.5 Å². The van der Waals surface area contributed by atoms with Crippen molar-refractivity contribution in [2.75, 3.05) is 0 Å². The second-order valence-corrected chi connectivity index (χ2v) is 11.9. The lowest BCUT2D eigenvalue weighted by atomic mass is 10.0. The third-order valence-corrected chi connectivity index (χ3v) is 8.67. The Kier molecular flexibility index (Phi) is 7.13. The largest absolute Gasteiger partial charge is 0.378 e. The predicted molar refractivity (Wildman–Crippen MR) is 149 cm³/mol. The molecule has 0 atom stereocenters. The molecule has 2 amide bonds. The van der Waals surface area contributed by atoms with Crippen LogP contribution in [0, 0.1) is 0 Å². The number of amides is 2. The van der Waals surface area contributed by atoms with Gasteiger partial charge in [-0.05, 0) is 92.1 Å². The van der Waals surface area contributed by atoms with E-state index >= 15 is 0 Å². The number of carbonyl (C=O) groups is 2. The van der Waals surface area contributed by atoms with Crippen LogP contribution in [0.25, 0.3) is 16.8 Å². The summed E-state index contributed by atoms with van der Waals surface area (Å²) >= 11 is 10.0. The topological polar surface area (TPSA) is 80.8 Å². The molecule has 0 aromatic heterocycles. The lowest BCUT2D eigenvalue weighted by Crippen LogP contribution is -2.27. The first-order valence-electron chi connectivity index (χ1n) is 10.9. The summed E-state index contributed by atoms with van der Waals surface area (Å²) in [6.07, 6.45) is 1.59. The molecule has 0 radical (unpaired) electrons. The standard InChI is InChI=1S/C27H17BrClNO5S2/c28-23-14-17(8-13-24(23)35-37(33,34)21-11-9-20(29)10-12-21)15-25-26(31)30(27(32)36-25)16-19-6-3-5-18-4-1-2-7-22(18)19/h1-15H,16H2/b25-15-. The van der Waals surface area contributed by atoms with Crippen LogP contribution >= 0.6 is 39.3 Å². The molecule has 1 fully saturated rings. The zero-order valence-corrected chi connectivity index (χ0v) is 22.9. The van der Waals surface area contributed by atoms with Crippen LogP contribution in [-0.2, 0) is 21.5 Å². The molecule has 0 saturated carbocycles.